The van der Waals surface area contributed by atoms with Crippen LogP contribution in [0.1, 0.15) is 71.1 Å². The molecule has 116 valence electrons. The Kier molecular flexibility index (Phi) is 25.7. The number of unbranched alkanes of at least 4 members (excludes halogenated alkanes) is 9. The maximum atomic E-state index is 10.1. The van der Waals surface area contributed by atoms with Crippen LogP contribution in [-0.4, -0.2) is 29.7 Å². The first-order valence-electron chi connectivity index (χ1n) is 6.95. The zero-order valence-electron chi connectivity index (χ0n) is 12.9. The van der Waals surface area contributed by atoms with E-state index in [9.17, 15) is 13.0 Å². The monoisotopic (exact) mass is 334 g/mol. The van der Waals surface area contributed by atoms with Crippen LogP contribution in [0.2, 0.25) is 0 Å². The SMILES string of the molecule is CCCCCCCCCCCCOS(=O)(=O)[O-].O=[SiH2].[Na+]. The second kappa shape index (κ2) is 19.9. The van der Waals surface area contributed by atoms with E-state index < -0.39 is 10.4 Å². The van der Waals surface area contributed by atoms with Gasteiger partial charge in [-0.3, -0.25) is 4.18 Å². The van der Waals surface area contributed by atoms with Crippen molar-refractivity contribution in [1.29, 1.82) is 0 Å². The largest absolute Gasteiger partial charge is 1.00 e. The van der Waals surface area contributed by atoms with E-state index in [-0.39, 0.29) is 36.2 Å². The van der Waals surface area contributed by atoms with Crippen LogP contribution < -0.4 is 29.6 Å². The van der Waals surface area contributed by atoms with Crippen molar-refractivity contribution in [3.8, 4) is 0 Å². The molecule has 8 heteroatoms. The van der Waals surface area contributed by atoms with E-state index in [1.54, 1.807) is 0 Å². The van der Waals surface area contributed by atoms with Crippen LogP contribution in [0, 0.1) is 0 Å². The number of hydrogen-bond donors (Lipinski definition) is 0. The van der Waals surface area contributed by atoms with Gasteiger partial charge in [0.2, 0.25) is 20.5 Å². The van der Waals surface area contributed by atoms with Gasteiger partial charge in [0.25, 0.3) is 0 Å². The minimum Gasteiger partial charge on any atom is -0.726 e. The zero-order valence-corrected chi connectivity index (χ0v) is 17.2. The van der Waals surface area contributed by atoms with Gasteiger partial charge in [0.15, 0.2) is 0 Å². The Balaban J connectivity index is -0.000000916. The van der Waals surface area contributed by atoms with E-state index in [1.165, 1.54) is 44.9 Å². The molecule has 0 aromatic rings. The second-order valence-electron chi connectivity index (χ2n) is 4.41. The van der Waals surface area contributed by atoms with Crippen molar-refractivity contribution in [2.75, 3.05) is 6.61 Å². The maximum Gasteiger partial charge on any atom is 1.00 e. The van der Waals surface area contributed by atoms with E-state index in [4.69, 9.17) is 4.46 Å². The Bertz CT molecular complexity index is 275. The average Bonchev–Trinajstić information content (AvgIpc) is 2.37. The summed E-state index contributed by atoms with van der Waals surface area (Å²) in [5, 5.41) is 0. The van der Waals surface area contributed by atoms with Gasteiger partial charge in [0.05, 0.1) is 6.61 Å². The fourth-order valence-corrected chi connectivity index (χ4v) is 2.07. The maximum absolute atomic E-state index is 10.1. The molecule has 0 unspecified atom stereocenters. The molecule has 0 rings (SSSR count). The molecule has 0 saturated carbocycles. The van der Waals surface area contributed by atoms with Crippen LogP contribution in [0.15, 0.2) is 0 Å². The molecule has 0 saturated heterocycles. The third-order valence-corrected chi connectivity index (χ3v) is 3.18. The summed E-state index contributed by atoms with van der Waals surface area (Å²) in [6, 6.07) is 0. The van der Waals surface area contributed by atoms with Crippen LogP contribution in [0.3, 0.4) is 0 Å². The molecular formula is C12H27NaO5SSi. The van der Waals surface area contributed by atoms with Gasteiger partial charge in [0.1, 0.15) is 0 Å². The van der Waals surface area contributed by atoms with E-state index >= 15 is 0 Å². The Morgan fingerprint density at radius 1 is 0.850 bits per heavy atom. The Labute approximate surface area is 149 Å². The first-order valence-corrected chi connectivity index (χ1v) is 8.86. The summed E-state index contributed by atoms with van der Waals surface area (Å²) in [5.74, 6) is 0. The van der Waals surface area contributed by atoms with Gasteiger partial charge < -0.3 is 9.01 Å². The van der Waals surface area contributed by atoms with Gasteiger partial charge in [-0.15, -0.1) is 0 Å². The fourth-order valence-electron chi connectivity index (χ4n) is 1.75. The molecule has 0 aliphatic rings. The average molecular weight is 334 g/mol. The van der Waals surface area contributed by atoms with Crippen molar-refractivity contribution in [2.24, 2.45) is 0 Å². The van der Waals surface area contributed by atoms with Crippen LogP contribution in [-0.2, 0) is 19.0 Å². The third-order valence-electron chi connectivity index (χ3n) is 2.73. The molecule has 0 atom stereocenters. The zero-order chi connectivity index (χ0) is 15.0. The third kappa shape index (κ3) is 27.3. The summed E-state index contributed by atoms with van der Waals surface area (Å²) < 4.78 is 42.7. The molecule has 0 amide bonds. The molecule has 0 heterocycles. The van der Waals surface area contributed by atoms with Crippen molar-refractivity contribution in [3.63, 3.8) is 0 Å². The molecule has 0 aromatic heterocycles. The summed E-state index contributed by atoms with van der Waals surface area (Å²) in [6.45, 7) is 2.24. The molecule has 0 radical (unpaired) electrons. The van der Waals surface area contributed by atoms with Gasteiger partial charge in [-0.25, -0.2) is 8.42 Å². The molecule has 0 aliphatic carbocycles. The van der Waals surface area contributed by atoms with Crippen LogP contribution in [0.4, 0.5) is 0 Å². The minimum absolute atomic E-state index is 0. The van der Waals surface area contributed by atoms with E-state index in [2.05, 4.69) is 11.1 Å². The Morgan fingerprint density at radius 3 is 1.55 bits per heavy atom. The smallest absolute Gasteiger partial charge is 0.726 e. The van der Waals surface area contributed by atoms with Crippen molar-refractivity contribution in [1.82, 2.24) is 0 Å². The summed E-state index contributed by atoms with van der Waals surface area (Å²) in [7, 11) is -3.87. The van der Waals surface area contributed by atoms with Crippen LogP contribution in [0.25, 0.3) is 0 Å². The van der Waals surface area contributed by atoms with E-state index in [0.29, 0.717) is 16.5 Å². The second-order valence-corrected chi connectivity index (χ2v) is 5.46. The molecule has 0 bridgehead atoms. The van der Waals surface area contributed by atoms with Crippen molar-refractivity contribution in [2.45, 2.75) is 71.1 Å². The predicted octanol–water partition coefficient (Wildman–Crippen LogP) is -0.647. The van der Waals surface area contributed by atoms with Crippen molar-refractivity contribution in [3.05, 3.63) is 0 Å². The van der Waals surface area contributed by atoms with Gasteiger partial charge in [-0.1, -0.05) is 64.7 Å². The first kappa shape index (κ1) is 25.8. The predicted molar refractivity (Wildman–Crippen MR) is 76.7 cm³/mol. The summed E-state index contributed by atoms with van der Waals surface area (Å²) in [4.78, 5) is 0. The van der Waals surface area contributed by atoms with E-state index in [0.717, 1.165) is 12.8 Å². The first-order chi connectivity index (χ1) is 9.06. The van der Waals surface area contributed by atoms with Gasteiger partial charge in [-0.05, 0) is 6.42 Å². The molecule has 0 aromatic carbocycles. The van der Waals surface area contributed by atoms with Gasteiger partial charge in [0, 0.05) is 0 Å². The molecule has 5 nitrogen and oxygen atoms in total. The number of rotatable bonds is 12. The fraction of sp³-hybridized carbons (Fsp3) is 1.00. The van der Waals surface area contributed by atoms with Gasteiger partial charge >= 0.3 is 29.6 Å². The standard InChI is InChI=1S/C12H26O4S.Na.H2OSi/c1-2-3-4-5-6-7-8-9-10-11-12-16-17(13,14)15;;1-2/h2-12H2,1H3,(H,13,14,15);;2H2/q;+1;/p-1. The van der Waals surface area contributed by atoms with Gasteiger partial charge in [-0.2, -0.15) is 0 Å². The molecule has 0 aliphatic heterocycles. The summed E-state index contributed by atoms with van der Waals surface area (Å²) in [6.07, 6.45) is 11.7. The molecule has 0 spiro atoms. The molecule has 0 fully saturated rings. The van der Waals surface area contributed by atoms with Crippen LogP contribution >= 0.6 is 0 Å². The normalized spacial score (nSPS) is 10.3. The minimum atomic E-state index is -4.48. The molecule has 0 N–H and O–H groups in total. The quantitative estimate of drug-likeness (QED) is 0.205. The van der Waals surface area contributed by atoms with E-state index in [1.807, 2.05) is 0 Å². The number of hydrogen-bond acceptors (Lipinski definition) is 5. The molecular weight excluding hydrogens is 307 g/mol. The summed E-state index contributed by atoms with van der Waals surface area (Å²) in [5.41, 5.74) is 0. The summed E-state index contributed by atoms with van der Waals surface area (Å²) >= 11 is 0. The Morgan fingerprint density at radius 2 is 1.20 bits per heavy atom. The topological polar surface area (TPSA) is 83.5 Å². The van der Waals surface area contributed by atoms with Crippen molar-refractivity contribution >= 4 is 20.5 Å². The molecule has 20 heavy (non-hydrogen) atoms. The van der Waals surface area contributed by atoms with Crippen molar-refractivity contribution < 1.29 is 51.2 Å². The Hall–Kier alpha value is 0.887. The van der Waals surface area contributed by atoms with Crippen LogP contribution in [0.5, 0.6) is 0 Å².